The molecule has 0 spiro atoms. The van der Waals surface area contributed by atoms with Gasteiger partial charge in [-0.25, -0.2) is 4.98 Å². The molecule has 0 saturated carbocycles. The van der Waals surface area contributed by atoms with Crippen LogP contribution in [-0.2, 0) is 11.3 Å². The average molecular weight is 474 g/mol. The minimum atomic E-state index is -0.489. The Kier molecular flexibility index (Phi) is 6.65. The highest BCUT2D eigenvalue weighted by atomic mass is 32.1. The zero-order valence-corrected chi connectivity index (χ0v) is 20.5. The number of nitrogens with zero attached hydrogens (tertiary/aromatic N) is 1. The Balaban J connectivity index is 1.49. The highest BCUT2D eigenvalue weighted by Crippen LogP contribution is 2.31. The lowest BCUT2D eigenvalue weighted by atomic mass is 9.96. The van der Waals surface area contributed by atoms with Crippen LogP contribution >= 0.6 is 11.3 Å². The third-order valence-corrected chi connectivity index (χ3v) is 6.31. The summed E-state index contributed by atoms with van der Waals surface area (Å²) in [5.41, 5.74) is 3.78. The third kappa shape index (κ3) is 5.43. The van der Waals surface area contributed by atoms with Crippen molar-refractivity contribution in [3.05, 3.63) is 77.9 Å². The van der Waals surface area contributed by atoms with Crippen molar-refractivity contribution >= 4 is 38.5 Å². The number of ether oxygens (including phenoxy) is 1. The summed E-state index contributed by atoms with van der Waals surface area (Å²) in [5, 5.41) is 6.44. The predicted molar refractivity (Wildman–Crippen MR) is 137 cm³/mol. The minimum Gasteiger partial charge on any atom is -0.497 e. The molecule has 0 bridgehead atoms. The van der Waals surface area contributed by atoms with Gasteiger partial charge >= 0.3 is 0 Å². The van der Waals surface area contributed by atoms with E-state index < -0.39 is 5.41 Å². The van der Waals surface area contributed by atoms with Crippen molar-refractivity contribution < 1.29 is 14.3 Å². The number of thiazole rings is 1. The molecule has 0 saturated heterocycles. The van der Waals surface area contributed by atoms with E-state index in [1.165, 1.54) is 11.3 Å². The fraction of sp³-hybridized carbons (Fsp3) is 0.222. The summed E-state index contributed by atoms with van der Waals surface area (Å²) in [6.45, 7) is 6.04. The maximum atomic E-state index is 12.7. The van der Waals surface area contributed by atoms with Crippen molar-refractivity contribution in [3.63, 3.8) is 0 Å². The molecule has 1 aromatic heterocycles. The second kappa shape index (κ2) is 9.65. The van der Waals surface area contributed by atoms with Crippen molar-refractivity contribution in [3.8, 4) is 16.9 Å². The molecular formula is C27H27N3O3S. The van der Waals surface area contributed by atoms with Crippen molar-refractivity contribution in [2.75, 3.05) is 12.4 Å². The van der Waals surface area contributed by atoms with Gasteiger partial charge in [0.2, 0.25) is 5.91 Å². The lowest BCUT2D eigenvalue weighted by Gasteiger charge is -2.15. The van der Waals surface area contributed by atoms with Crippen molar-refractivity contribution in [1.82, 2.24) is 10.3 Å². The maximum absolute atomic E-state index is 12.7. The first-order valence-electron chi connectivity index (χ1n) is 11.0. The molecule has 1 heterocycles. The van der Waals surface area contributed by atoms with Gasteiger partial charge in [-0.1, -0.05) is 62.4 Å². The molecule has 3 aromatic carbocycles. The first-order chi connectivity index (χ1) is 16.2. The molecule has 0 fully saturated rings. The third-order valence-electron chi connectivity index (χ3n) is 5.36. The first kappa shape index (κ1) is 23.4. The fourth-order valence-electron chi connectivity index (χ4n) is 3.31. The van der Waals surface area contributed by atoms with Crippen LogP contribution in [-0.4, -0.2) is 23.9 Å². The van der Waals surface area contributed by atoms with Gasteiger partial charge in [-0.15, -0.1) is 0 Å². The summed E-state index contributed by atoms with van der Waals surface area (Å²) in [6, 6.07) is 21.1. The number of carbonyl (C=O) groups excluding carboxylic acids is 2. The molecule has 2 N–H and O–H groups in total. The normalized spacial score (nSPS) is 11.3. The first-order valence-corrected chi connectivity index (χ1v) is 11.8. The highest BCUT2D eigenvalue weighted by molar-refractivity contribution is 7.22. The summed E-state index contributed by atoms with van der Waals surface area (Å²) in [7, 11) is 1.62. The number of fused-ring (bicyclic) bond motifs is 1. The molecule has 0 atom stereocenters. The largest absolute Gasteiger partial charge is 0.497 e. The standard InChI is InChI=1S/C27H27N3O3S/c1-27(2,3)25(32)30-26-29-22-15-19(10-13-23(22)34-26)18-6-5-7-20(14-18)24(31)28-16-17-8-11-21(33-4)12-9-17/h5-15H,16H2,1-4H3,(H,28,31)(H,29,30,32). The number of carbonyl (C=O) groups is 2. The molecule has 7 heteroatoms. The Morgan fingerprint density at radius 2 is 1.71 bits per heavy atom. The van der Waals surface area contributed by atoms with Crippen molar-refractivity contribution in [2.45, 2.75) is 27.3 Å². The molecular weight excluding hydrogens is 446 g/mol. The summed E-state index contributed by atoms with van der Waals surface area (Å²) in [5.74, 6) is 0.572. The number of hydrogen-bond donors (Lipinski definition) is 2. The molecule has 0 unspecified atom stereocenters. The van der Waals surface area contributed by atoms with Crippen LogP contribution in [0.25, 0.3) is 21.3 Å². The van der Waals surface area contributed by atoms with Crippen LogP contribution in [0.3, 0.4) is 0 Å². The Morgan fingerprint density at radius 3 is 2.41 bits per heavy atom. The zero-order valence-electron chi connectivity index (χ0n) is 19.6. The van der Waals surface area contributed by atoms with Gasteiger partial charge in [-0.05, 0) is 53.1 Å². The maximum Gasteiger partial charge on any atom is 0.251 e. The summed E-state index contributed by atoms with van der Waals surface area (Å²) in [4.78, 5) is 29.6. The molecule has 0 aliphatic rings. The Bertz CT molecular complexity index is 1340. The molecule has 0 aliphatic carbocycles. The van der Waals surface area contributed by atoms with Crippen LogP contribution in [0.15, 0.2) is 66.7 Å². The molecule has 174 valence electrons. The van der Waals surface area contributed by atoms with Gasteiger partial charge < -0.3 is 15.4 Å². The summed E-state index contributed by atoms with van der Waals surface area (Å²) < 4.78 is 6.16. The number of aromatic nitrogens is 1. The Hall–Kier alpha value is -3.71. The number of hydrogen-bond acceptors (Lipinski definition) is 5. The number of benzene rings is 3. The van der Waals surface area contributed by atoms with Gasteiger partial charge in [0, 0.05) is 17.5 Å². The topological polar surface area (TPSA) is 80.3 Å². The zero-order chi connectivity index (χ0) is 24.3. The lowest BCUT2D eigenvalue weighted by Crippen LogP contribution is -2.27. The van der Waals surface area contributed by atoms with E-state index in [4.69, 9.17) is 4.74 Å². The van der Waals surface area contributed by atoms with Gasteiger partial charge in [0.1, 0.15) is 5.75 Å². The van der Waals surface area contributed by atoms with E-state index in [0.717, 1.165) is 32.7 Å². The van der Waals surface area contributed by atoms with E-state index in [2.05, 4.69) is 15.6 Å². The van der Waals surface area contributed by atoms with Crippen molar-refractivity contribution in [1.29, 1.82) is 0 Å². The fourth-order valence-corrected chi connectivity index (χ4v) is 4.15. The van der Waals surface area contributed by atoms with Gasteiger partial charge in [-0.3, -0.25) is 9.59 Å². The van der Waals surface area contributed by atoms with E-state index in [-0.39, 0.29) is 11.8 Å². The Labute approximate surface area is 203 Å². The average Bonchev–Trinajstić information content (AvgIpc) is 3.23. The van der Waals surface area contributed by atoms with Gasteiger partial charge in [0.15, 0.2) is 5.13 Å². The smallest absolute Gasteiger partial charge is 0.251 e. The molecule has 4 rings (SSSR count). The quantitative estimate of drug-likeness (QED) is 0.366. The summed E-state index contributed by atoms with van der Waals surface area (Å²) in [6.07, 6.45) is 0. The van der Waals surface area contributed by atoms with Crippen LogP contribution in [0.5, 0.6) is 5.75 Å². The van der Waals surface area contributed by atoms with E-state index in [1.807, 2.05) is 81.4 Å². The molecule has 0 radical (unpaired) electrons. The second-order valence-electron chi connectivity index (χ2n) is 9.02. The SMILES string of the molecule is COc1ccc(CNC(=O)c2cccc(-c3ccc4sc(NC(=O)C(C)(C)C)nc4c3)c2)cc1. The summed E-state index contributed by atoms with van der Waals surface area (Å²) >= 11 is 1.45. The number of nitrogens with one attached hydrogen (secondary N) is 2. The molecule has 4 aromatic rings. The van der Waals surface area contributed by atoms with Crippen LogP contribution in [0.2, 0.25) is 0 Å². The van der Waals surface area contributed by atoms with E-state index >= 15 is 0 Å². The Morgan fingerprint density at radius 1 is 0.971 bits per heavy atom. The van der Waals surface area contributed by atoms with E-state index in [1.54, 1.807) is 13.2 Å². The van der Waals surface area contributed by atoms with E-state index in [9.17, 15) is 9.59 Å². The van der Waals surface area contributed by atoms with E-state index in [0.29, 0.717) is 17.2 Å². The van der Waals surface area contributed by atoms with Gasteiger partial charge in [0.05, 0.1) is 17.3 Å². The number of methoxy groups -OCH3 is 1. The van der Waals surface area contributed by atoms with Gasteiger partial charge in [-0.2, -0.15) is 0 Å². The minimum absolute atomic E-state index is 0.0693. The molecule has 34 heavy (non-hydrogen) atoms. The monoisotopic (exact) mass is 473 g/mol. The molecule has 2 amide bonds. The van der Waals surface area contributed by atoms with Crippen LogP contribution in [0, 0.1) is 5.41 Å². The van der Waals surface area contributed by atoms with Crippen LogP contribution < -0.4 is 15.4 Å². The van der Waals surface area contributed by atoms with Crippen molar-refractivity contribution in [2.24, 2.45) is 5.41 Å². The number of amides is 2. The predicted octanol–water partition coefficient (Wildman–Crippen LogP) is 5.89. The van der Waals surface area contributed by atoms with Crippen LogP contribution in [0.1, 0.15) is 36.7 Å². The number of rotatable bonds is 6. The lowest BCUT2D eigenvalue weighted by molar-refractivity contribution is -0.123. The molecule has 6 nitrogen and oxygen atoms in total. The number of anilines is 1. The van der Waals surface area contributed by atoms with Crippen LogP contribution in [0.4, 0.5) is 5.13 Å². The molecule has 0 aliphatic heterocycles. The second-order valence-corrected chi connectivity index (χ2v) is 10.0. The van der Waals surface area contributed by atoms with Gasteiger partial charge in [0.25, 0.3) is 5.91 Å². The highest BCUT2D eigenvalue weighted by Gasteiger charge is 2.22.